The molecule has 0 aromatic heterocycles. The fourth-order valence-electron chi connectivity index (χ4n) is 5.86. The number of hydrogen-bond acceptors (Lipinski definition) is 6. The highest BCUT2D eigenvalue weighted by Gasteiger charge is 2.39. The molecule has 1 spiro atoms. The first-order valence-corrected chi connectivity index (χ1v) is 14.5. The molecule has 35 heavy (non-hydrogen) atoms. The molecule has 1 aromatic carbocycles. The number of nitrogens with zero attached hydrogens (tertiary/aromatic N) is 2. The number of nitrogens with one attached hydrogen (secondary N) is 1. The third kappa shape index (κ3) is 6.18. The van der Waals surface area contributed by atoms with Gasteiger partial charge in [-0.3, -0.25) is 4.79 Å². The normalized spacial score (nSPS) is 26.1. The highest BCUT2D eigenvalue weighted by Crippen LogP contribution is 2.39. The number of aliphatic hydroxyl groups is 1. The molecule has 2 aliphatic heterocycles. The molecule has 2 heterocycles. The molecule has 196 valence electrons. The minimum absolute atomic E-state index is 0.0342. The molecular formula is C26H41N3O5S. The Labute approximate surface area is 210 Å². The first-order chi connectivity index (χ1) is 16.6. The first kappa shape index (κ1) is 26.4. The van der Waals surface area contributed by atoms with Crippen molar-refractivity contribution >= 4 is 15.9 Å². The van der Waals surface area contributed by atoms with Gasteiger partial charge in [0.05, 0.1) is 12.7 Å². The van der Waals surface area contributed by atoms with Crippen LogP contribution in [0.4, 0.5) is 0 Å². The van der Waals surface area contributed by atoms with Gasteiger partial charge in [-0.15, -0.1) is 0 Å². The Kier molecular flexibility index (Phi) is 8.10. The van der Waals surface area contributed by atoms with Crippen molar-refractivity contribution in [2.24, 2.45) is 11.3 Å². The van der Waals surface area contributed by atoms with E-state index in [-0.39, 0.29) is 28.7 Å². The quantitative estimate of drug-likeness (QED) is 0.638. The van der Waals surface area contributed by atoms with Gasteiger partial charge in [0.2, 0.25) is 15.9 Å². The summed E-state index contributed by atoms with van der Waals surface area (Å²) in [7, 11) is -1.89. The van der Waals surface area contributed by atoms with E-state index in [0.29, 0.717) is 44.5 Å². The number of piperidine rings is 1. The highest BCUT2D eigenvalue weighted by molar-refractivity contribution is 7.89. The standard InChI is InChI=1S/C26H41N3O5S/c1-19(2)25(31)29-12-10-26(11-13-29)17-28(3)16-22(30)15-27-35(32,33)24-9-8-21(14-23(24)34-18-26)20-6-4-5-7-20/h8-9,14,19-20,22,27,30H,4-7,10-13,15-18H2,1-3H3. The summed E-state index contributed by atoms with van der Waals surface area (Å²) in [6.45, 7) is 6.54. The van der Waals surface area contributed by atoms with Crippen molar-refractivity contribution in [3.8, 4) is 5.75 Å². The number of aliphatic hydroxyl groups excluding tert-OH is 1. The number of β-amino-alcohol motifs (C(OH)–C–C–N with tert-alkyl or cyclic N) is 1. The van der Waals surface area contributed by atoms with Crippen molar-refractivity contribution in [2.45, 2.75) is 69.3 Å². The maximum absolute atomic E-state index is 13.2. The Hall–Kier alpha value is -1.68. The van der Waals surface area contributed by atoms with E-state index < -0.39 is 16.1 Å². The van der Waals surface area contributed by atoms with E-state index in [9.17, 15) is 18.3 Å². The Balaban J connectivity index is 1.64. The Morgan fingerprint density at radius 1 is 1.20 bits per heavy atom. The number of likely N-dealkylation sites (tertiary alicyclic amines) is 1. The number of amides is 1. The number of carbonyl (C=O) groups excluding carboxylic acids is 1. The lowest BCUT2D eigenvalue weighted by molar-refractivity contribution is -0.137. The van der Waals surface area contributed by atoms with Crippen molar-refractivity contribution in [2.75, 3.05) is 46.4 Å². The lowest BCUT2D eigenvalue weighted by Gasteiger charge is -2.44. The smallest absolute Gasteiger partial charge is 0.244 e. The van der Waals surface area contributed by atoms with E-state index in [0.717, 1.165) is 31.2 Å². The third-order valence-electron chi connectivity index (χ3n) is 7.88. The van der Waals surface area contributed by atoms with Gasteiger partial charge in [-0.1, -0.05) is 32.8 Å². The number of likely N-dealkylation sites (N-methyl/N-ethyl adjacent to an activating group) is 1. The lowest BCUT2D eigenvalue weighted by atomic mass is 9.78. The number of fused-ring (bicyclic) bond motifs is 1. The highest BCUT2D eigenvalue weighted by atomic mass is 32.2. The van der Waals surface area contributed by atoms with Crippen LogP contribution >= 0.6 is 0 Å². The van der Waals surface area contributed by atoms with Crippen LogP contribution in [-0.4, -0.2) is 81.7 Å². The summed E-state index contributed by atoms with van der Waals surface area (Å²) in [6.07, 6.45) is 5.34. The molecular weight excluding hydrogens is 466 g/mol. The zero-order valence-electron chi connectivity index (χ0n) is 21.3. The van der Waals surface area contributed by atoms with Crippen LogP contribution in [0, 0.1) is 11.3 Å². The molecule has 8 nitrogen and oxygen atoms in total. The fraction of sp³-hybridized carbons (Fsp3) is 0.731. The molecule has 9 heteroatoms. The van der Waals surface area contributed by atoms with Crippen molar-refractivity contribution < 1.29 is 23.1 Å². The molecule has 1 atom stereocenters. The number of hydrogen-bond donors (Lipinski definition) is 2. The molecule has 4 rings (SSSR count). The van der Waals surface area contributed by atoms with Crippen LogP contribution < -0.4 is 9.46 Å². The number of rotatable bonds is 2. The number of carbonyl (C=O) groups is 1. The predicted molar refractivity (Wildman–Crippen MR) is 135 cm³/mol. The summed E-state index contributed by atoms with van der Waals surface area (Å²) in [5, 5.41) is 10.5. The molecule has 2 fully saturated rings. The number of ether oxygens (including phenoxy) is 1. The predicted octanol–water partition coefficient (Wildman–Crippen LogP) is 2.57. The summed E-state index contributed by atoms with van der Waals surface area (Å²) in [6, 6.07) is 5.49. The first-order valence-electron chi connectivity index (χ1n) is 13.0. The maximum atomic E-state index is 13.2. The molecule has 1 aromatic rings. The van der Waals surface area contributed by atoms with Crippen LogP contribution in [0.3, 0.4) is 0 Å². The Bertz CT molecular complexity index is 998. The van der Waals surface area contributed by atoms with Gasteiger partial charge in [0.1, 0.15) is 10.6 Å². The minimum Gasteiger partial charge on any atom is -0.492 e. The van der Waals surface area contributed by atoms with Crippen LogP contribution in [0.25, 0.3) is 0 Å². The van der Waals surface area contributed by atoms with Crippen LogP contribution in [-0.2, 0) is 14.8 Å². The zero-order chi connectivity index (χ0) is 25.2. The second-order valence-electron chi connectivity index (χ2n) is 11.2. The van der Waals surface area contributed by atoms with Crippen molar-refractivity contribution in [3.05, 3.63) is 23.8 Å². The van der Waals surface area contributed by atoms with Gasteiger partial charge in [-0.2, -0.15) is 0 Å². The zero-order valence-corrected chi connectivity index (χ0v) is 22.1. The third-order valence-corrected chi connectivity index (χ3v) is 9.35. The molecule has 1 aliphatic carbocycles. The van der Waals surface area contributed by atoms with Crippen molar-refractivity contribution in [1.82, 2.24) is 14.5 Å². The molecule has 0 radical (unpaired) electrons. The van der Waals surface area contributed by atoms with E-state index >= 15 is 0 Å². The molecule has 1 saturated carbocycles. The average Bonchev–Trinajstić information content (AvgIpc) is 3.36. The molecule has 1 saturated heterocycles. The largest absolute Gasteiger partial charge is 0.492 e. The molecule has 2 N–H and O–H groups in total. The summed E-state index contributed by atoms with van der Waals surface area (Å²) < 4.78 is 35.3. The SMILES string of the molecule is CC(C)C(=O)N1CCC2(CC1)COc1cc(C3CCCC3)ccc1S(=O)(=O)NCC(O)CN(C)C2. The van der Waals surface area contributed by atoms with Crippen LogP contribution in [0.5, 0.6) is 5.75 Å². The van der Waals surface area contributed by atoms with Crippen LogP contribution in [0.15, 0.2) is 23.1 Å². The van der Waals surface area contributed by atoms with E-state index in [4.69, 9.17) is 4.74 Å². The van der Waals surface area contributed by atoms with Gasteiger partial charge in [0, 0.05) is 44.1 Å². The van der Waals surface area contributed by atoms with E-state index in [1.165, 1.54) is 12.8 Å². The number of sulfonamides is 1. The molecule has 1 unspecified atom stereocenters. The van der Waals surface area contributed by atoms with Gasteiger partial charge in [0.25, 0.3) is 0 Å². The van der Waals surface area contributed by atoms with E-state index in [1.807, 2.05) is 37.9 Å². The topological polar surface area (TPSA) is 99.2 Å². The van der Waals surface area contributed by atoms with E-state index in [2.05, 4.69) is 9.62 Å². The van der Waals surface area contributed by atoms with Crippen molar-refractivity contribution in [1.29, 1.82) is 0 Å². The summed E-state index contributed by atoms with van der Waals surface area (Å²) in [5.74, 6) is 0.960. The Morgan fingerprint density at radius 2 is 1.89 bits per heavy atom. The number of benzene rings is 1. The molecule has 3 aliphatic rings. The van der Waals surface area contributed by atoms with Crippen LogP contribution in [0.2, 0.25) is 0 Å². The van der Waals surface area contributed by atoms with Gasteiger partial charge in [-0.25, -0.2) is 13.1 Å². The maximum Gasteiger partial charge on any atom is 0.244 e. The molecule has 0 bridgehead atoms. The Morgan fingerprint density at radius 3 is 2.54 bits per heavy atom. The fourth-order valence-corrected chi connectivity index (χ4v) is 7.06. The lowest BCUT2D eigenvalue weighted by Crippen LogP contribution is -2.52. The van der Waals surface area contributed by atoms with Crippen LogP contribution in [0.1, 0.15) is 63.9 Å². The van der Waals surface area contributed by atoms with Gasteiger partial charge in [-0.05, 0) is 56.3 Å². The summed E-state index contributed by atoms with van der Waals surface area (Å²) in [5.41, 5.74) is 0.895. The van der Waals surface area contributed by atoms with Crippen molar-refractivity contribution in [3.63, 3.8) is 0 Å². The summed E-state index contributed by atoms with van der Waals surface area (Å²) in [4.78, 5) is 16.7. The summed E-state index contributed by atoms with van der Waals surface area (Å²) >= 11 is 0. The second kappa shape index (κ2) is 10.7. The second-order valence-corrected chi connectivity index (χ2v) is 12.9. The van der Waals surface area contributed by atoms with E-state index in [1.54, 1.807) is 6.07 Å². The monoisotopic (exact) mass is 507 g/mol. The van der Waals surface area contributed by atoms with Gasteiger partial charge in [0.15, 0.2) is 0 Å². The van der Waals surface area contributed by atoms with Gasteiger partial charge < -0.3 is 19.6 Å². The van der Waals surface area contributed by atoms with Gasteiger partial charge >= 0.3 is 0 Å². The molecule has 1 amide bonds. The average molecular weight is 508 g/mol. The minimum atomic E-state index is -3.84.